The monoisotopic (exact) mass is 334 g/mol. The fraction of sp³-hybridized carbons (Fsp3) is 0.250. The van der Waals surface area contributed by atoms with Gasteiger partial charge >= 0.3 is 0 Å². The minimum absolute atomic E-state index is 0.155. The molecule has 2 aromatic carbocycles. The van der Waals surface area contributed by atoms with Crippen molar-refractivity contribution in [2.75, 3.05) is 0 Å². The van der Waals surface area contributed by atoms with Gasteiger partial charge < -0.3 is 0 Å². The van der Waals surface area contributed by atoms with Crippen LogP contribution in [0.4, 0.5) is 4.39 Å². The minimum Gasteiger partial charge on any atom is -0.271 e. The first-order chi connectivity index (χ1) is 9.72. The Kier molecular flexibility index (Phi) is 3.87. The fourth-order valence-electron chi connectivity index (χ4n) is 2.87. The molecule has 3 N–H and O–H groups in total. The van der Waals surface area contributed by atoms with E-state index in [1.807, 2.05) is 24.3 Å². The Morgan fingerprint density at radius 1 is 1.15 bits per heavy atom. The number of hydrogen-bond donors (Lipinski definition) is 2. The summed E-state index contributed by atoms with van der Waals surface area (Å²) in [5.41, 5.74) is 4.72. The van der Waals surface area contributed by atoms with Crippen molar-refractivity contribution in [3.8, 4) is 0 Å². The molecular formula is C16H16BrFN2. The van der Waals surface area contributed by atoms with Gasteiger partial charge in [0.2, 0.25) is 0 Å². The number of halogens is 2. The first-order valence-electron chi connectivity index (χ1n) is 6.67. The van der Waals surface area contributed by atoms with E-state index in [-0.39, 0.29) is 11.9 Å². The lowest BCUT2D eigenvalue weighted by Gasteiger charge is -2.18. The summed E-state index contributed by atoms with van der Waals surface area (Å²) in [6.45, 7) is 0. The quantitative estimate of drug-likeness (QED) is 0.657. The van der Waals surface area contributed by atoms with E-state index in [9.17, 15) is 4.39 Å². The molecule has 20 heavy (non-hydrogen) atoms. The molecule has 1 aliphatic rings. The second-order valence-electron chi connectivity index (χ2n) is 5.20. The number of rotatable bonds is 4. The zero-order chi connectivity index (χ0) is 14.1. The molecule has 0 amide bonds. The molecule has 0 aromatic heterocycles. The van der Waals surface area contributed by atoms with Crippen LogP contribution >= 0.6 is 15.9 Å². The molecule has 1 saturated carbocycles. The third-order valence-corrected chi connectivity index (χ3v) is 4.60. The Morgan fingerprint density at radius 3 is 2.60 bits per heavy atom. The molecule has 104 valence electrons. The van der Waals surface area contributed by atoms with E-state index < -0.39 is 0 Å². The van der Waals surface area contributed by atoms with Crippen molar-refractivity contribution in [3.63, 3.8) is 0 Å². The summed E-state index contributed by atoms with van der Waals surface area (Å²) in [6, 6.07) is 15.5. The summed E-state index contributed by atoms with van der Waals surface area (Å²) in [5.74, 6) is 6.24. The molecule has 2 aromatic rings. The Hall–Kier alpha value is -1.23. The van der Waals surface area contributed by atoms with E-state index in [1.165, 1.54) is 5.56 Å². The summed E-state index contributed by atoms with van der Waals surface area (Å²) < 4.78 is 14.7. The van der Waals surface area contributed by atoms with Crippen LogP contribution in [-0.2, 0) is 0 Å². The third-order valence-electron chi connectivity index (χ3n) is 3.99. The van der Waals surface area contributed by atoms with Crippen molar-refractivity contribution >= 4 is 15.9 Å². The van der Waals surface area contributed by atoms with Gasteiger partial charge in [-0.15, -0.1) is 0 Å². The van der Waals surface area contributed by atoms with Gasteiger partial charge in [0.15, 0.2) is 0 Å². The first kappa shape index (κ1) is 13.7. The van der Waals surface area contributed by atoms with Gasteiger partial charge in [-0.1, -0.05) is 42.5 Å². The van der Waals surface area contributed by atoms with E-state index in [0.717, 1.165) is 6.42 Å². The summed E-state index contributed by atoms with van der Waals surface area (Å²) in [4.78, 5) is 0. The van der Waals surface area contributed by atoms with Crippen molar-refractivity contribution in [2.24, 2.45) is 11.8 Å². The van der Waals surface area contributed by atoms with Crippen molar-refractivity contribution in [2.45, 2.75) is 18.4 Å². The maximum atomic E-state index is 14.2. The van der Waals surface area contributed by atoms with Crippen LogP contribution in [0.5, 0.6) is 0 Å². The molecule has 3 rings (SSSR count). The number of nitrogens with one attached hydrogen (secondary N) is 1. The van der Waals surface area contributed by atoms with Gasteiger partial charge in [-0.25, -0.2) is 4.39 Å². The van der Waals surface area contributed by atoms with Gasteiger partial charge in [0.1, 0.15) is 5.82 Å². The van der Waals surface area contributed by atoms with E-state index in [0.29, 0.717) is 21.9 Å². The second-order valence-corrected chi connectivity index (χ2v) is 6.06. The van der Waals surface area contributed by atoms with Crippen LogP contribution in [0.3, 0.4) is 0 Å². The normalized spacial score (nSPS) is 22.6. The lowest BCUT2D eigenvalue weighted by molar-refractivity contribution is 0.460. The maximum absolute atomic E-state index is 14.2. The van der Waals surface area contributed by atoms with Gasteiger partial charge in [0.25, 0.3) is 0 Å². The highest BCUT2D eigenvalue weighted by molar-refractivity contribution is 9.10. The SMILES string of the molecule is NNC(c1cccc(Br)c1F)C1CC1c1ccccc1. The zero-order valence-electron chi connectivity index (χ0n) is 10.9. The Balaban J connectivity index is 1.84. The summed E-state index contributed by atoms with van der Waals surface area (Å²) >= 11 is 3.23. The number of nitrogens with two attached hydrogens (primary N) is 1. The van der Waals surface area contributed by atoms with Gasteiger partial charge in [-0.2, -0.15) is 0 Å². The van der Waals surface area contributed by atoms with Crippen LogP contribution in [-0.4, -0.2) is 0 Å². The molecule has 0 heterocycles. The van der Waals surface area contributed by atoms with E-state index >= 15 is 0 Å². The topological polar surface area (TPSA) is 38.0 Å². The van der Waals surface area contributed by atoms with Crippen LogP contribution in [0.1, 0.15) is 29.5 Å². The highest BCUT2D eigenvalue weighted by atomic mass is 79.9. The average Bonchev–Trinajstić information content (AvgIpc) is 3.26. The number of hydrazine groups is 1. The highest BCUT2D eigenvalue weighted by Crippen LogP contribution is 2.54. The van der Waals surface area contributed by atoms with Crippen LogP contribution in [0.2, 0.25) is 0 Å². The van der Waals surface area contributed by atoms with E-state index in [2.05, 4.69) is 33.5 Å². The summed E-state index contributed by atoms with van der Waals surface area (Å²) in [5, 5.41) is 0. The maximum Gasteiger partial charge on any atom is 0.142 e. The smallest absolute Gasteiger partial charge is 0.142 e. The standard InChI is InChI=1S/C16H16BrFN2/c17-14-8-4-7-11(15(14)18)16(20-19)13-9-12(13)10-5-2-1-3-6-10/h1-8,12-13,16,20H,9,19H2. The highest BCUT2D eigenvalue weighted by Gasteiger charge is 2.44. The second kappa shape index (κ2) is 5.64. The third kappa shape index (κ3) is 2.51. The lowest BCUT2D eigenvalue weighted by atomic mass is 9.99. The van der Waals surface area contributed by atoms with Crippen molar-refractivity contribution < 1.29 is 4.39 Å². The Bertz CT molecular complexity index is 603. The number of hydrogen-bond acceptors (Lipinski definition) is 2. The van der Waals surface area contributed by atoms with Gasteiger partial charge in [-0.3, -0.25) is 11.3 Å². The molecule has 3 unspecified atom stereocenters. The average molecular weight is 335 g/mol. The van der Waals surface area contributed by atoms with Crippen LogP contribution in [0.25, 0.3) is 0 Å². The first-order valence-corrected chi connectivity index (χ1v) is 7.46. The Labute approximate surface area is 126 Å². The van der Waals surface area contributed by atoms with Crippen LogP contribution in [0, 0.1) is 11.7 Å². The molecule has 1 aliphatic carbocycles. The molecule has 0 aliphatic heterocycles. The molecule has 2 nitrogen and oxygen atoms in total. The molecule has 0 spiro atoms. The van der Waals surface area contributed by atoms with Crippen LogP contribution in [0.15, 0.2) is 53.0 Å². The predicted molar refractivity (Wildman–Crippen MR) is 81.5 cm³/mol. The molecule has 3 atom stereocenters. The van der Waals surface area contributed by atoms with Crippen LogP contribution < -0.4 is 11.3 Å². The fourth-order valence-corrected chi connectivity index (χ4v) is 3.25. The predicted octanol–water partition coefficient (Wildman–Crippen LogP) is 3.90. The lowest BCUT2D eigenvalue weighted by Crippen LogP contribution is -2.30. The largest absolute Gasteiger partial charge is 0.271 e. The van der Waals surface area contributed by atoms with Gasteiger partial charge in [0, 0.05) is 5.56 Å². The Morgan fingerprint density at radius 2 is 1.90 bits per heavy atom. The molecule has 1 fully saturated rings. The van der Waals surface area contributed by atoms with E-state index in [1.54, 1.807) is 12.1 Å². The molecule has 0 saturated heterocycles. The summed E-state index contributed by atoms with van der Waals surface area (Å²) in [7, 11) is 0. The molecular weight excluding hydrogens is 319 g/mol. The molecule has 4 heteroatoms. The van der Waals surface area contributed by atoms with E-state index in [4.69, 9.17) is 5.84 Å². The van der Waals surface area contributed by atoms with Crippen molar-refractivity contribution in [3.05, 3.63) is 69.9 Å². The number of benzene rings is 2. The van der Waals surface area contributed by atoms with Gasteiger partial charge in [0.05, 0.1) is 10.5 Å². The zero-order valence-corrected chi connectivity index (χ0v) is 12.5. The molecule has 0 bridgehead atoms. The van der Waals surface area contributed by atoms with Gasteiger partial charge in [-0.05, 0) is 45.8 Å². The van der Waals surface area contributed by atoms with Crippen molar-refractivity contribution in [1.82, 2.24) is 5.43 Å². The van der Waals surface area contributed by atoms with Crippen molar-refractivity contribution in [1.29, 1.82) is 0 Å². The molecule has 0 radical (unpaired) electrons. The summed E-state index contributed by atoms with van der Waals surface area (Å²) in [6.07, 6.45) is 1.03. The minimum atomic E-state index is -0.228.